The number of nitrogens with zero attached hydrogens (tertiary/aromatic N) is 1. The van der Waals surface area contributed by atoms with Gasteiger partial charge in [0.1, 0.15) is 0 Å². The standard InChI is InChI=1S/C13H23N3O/c1-2-16-7-3-4-12(16)9-15-13(17)10-5-6-11(14)8-10/h5-6,10-12H,2-4,7-9,14H2,1H3,(H,15,17). The van der Waals surface area contributed by atoms with Crippen LogP contribution in [0, 0.1) is 5.92 Å². The Morgan fingerprint density at radius 1 is 1.53 bits per heavy atom. The van der Waals surface area contributed by atoms with E-state index in [-0.39, 0.29) is 17.9 Å². The van der Waals surface area contributed by atoms with Crippen LogP contribution in [-0.4, -0.2) is 42.5 Å². The lowest BCUT2D eigenvalue weighted by Gasteiger charge is -2.23. The first kappa shape index (κ1) is 12.6. The quantitative estimate of drug-likeness (QED) is 0.700. The summed E-state index contributed by atoms with van der Waals surface area (Å²) in [5.74, 6) is 0.124. The summed E-state index contributed by atoms with van der Waals surface area (Å²) in [5, 5.41) is 3.06. The van der Waals surface area contributed by atoms with Crippen molar-refractivity contribution in [2.75, 3.05) is 19.6 Å². The highest BCUT2D eigenvalue weighted by molar-refractivity contribution is 5.81. The van der Waals surface area contributed by atoms with Gasteiger partial charge in [-0.2, -0.15) is 0 Å². The predicted molar refractivity (Wildman–Crippen MR) is 68.5 cm³/mol. The smallest absolute Gasteiger partial charge is 0.227 e. The van der Waals surface area contributed by atoms with Crippen LogP contribution in [0.4, 0.5) is 0 Å². The maximum absolute atomic E-state index is 11.9. The lowest BCUT2D eigenvalue weighted by Crippen LogP contribution is -2.41. The highest BCUT2D eigenvalue weighted by Crippen LogP contribution is 2.18. The summed E-state index contributed by atoms with van der Waals surface area (Å²) in [6, 6.07) is 0.590. The Bertz CT molecular complexity index is 303. The molecule has 0 bridgehead atoms. The first-order valence-electron chi connectivity index (χ1n) is 6.66. The fourth-order valence-corrected chi connectivity index (χ4v) is 2.81. The second-order valence-corrected chi connectivity index (χ2v) is 5.06. The van der Waals surface area contributed by atoms with Gasteiger partial charge in [0.05, 0.1) is 5.92 Å². The monoisotopic (exact) mass is 237 g/mol. The van der Waals surface area contributed by atoms with Gasteiger partial charge in [0.15, 0.2) is 0 Å². The van der Waals surface area contributed by atoms with E-state index >= 15 is 0 Å². The van der Waals surface area contributed by atoms with Gasteiger partial charge in [-0.1, -0.05) is 19.1 Å². The molecule has 1 heterocycles. The fraction of sp³-hybridized carbons (Fsp3) is 0.769. The van der Waals surface area contributed by atoms with Gasteiger partial charge >= 0.3 is 0 Å². The lowest BCUT2D eigenvalue weighted by atomic mass is 10.1. The SMILES string of the molecule is CCN1CCCC1CNC(=O)C1C=CC(N)C1. The molecule has 3 atom stereocenters. The number of nitrogens with two attached hydrogens (primary N) is 1. The molecule has 4 nitrogen and oxygen atoms in total. The van der Waals surface area contributed by atoms with Crippen molar-refractivity contribution in [1.82, 2.24) is 10.2 Å². The second kappa shape index (κ2) is 5.65. The van der Waals surface area contributed by atoms with Gasteiger partial charge in [0.2, 0.25) is 5.91 Å². The first-order chi connectivity index (χ1) is 8.20. The van der Waals surface area contributed by atoms with E-state index in [0.717, 1.165) is 19.5 Å². The van der Waals surface area contributed by atoms with Gasteiger partial charge in [0, 0.05) is 18.6 Å². The molecular formula is C13H23N3O. The molecule has 0 radical (unpaired) electrons. The molecule has 1 saturated heterocycles. The second-order valence-electron chi connectivity index (χ2n) is 5.06. The Morgan fingerprint density at radius 2 is 2.35 bits per heavy atom. The average molecular weight is 237 g/mol. The molecule has 0 aromatic heterocycles. The third-order valence-electron chi connectivity index (χ3n) is 3.87. The number of likely N-dealkylation sites (tertiary alicyclic amines) is 1. The number of carbonyl (C=O) groups is 1. The van der Waals surface area contributed by atoms with Crippen LogP contribution in [0.15, 0.2) is 12.2 Å². The molecule has 0 aromatic carbocycles. The van der Waals surface area contributed by atoms with Crippen molar-refractivity contribution in [2.45, 2.75) is 38.3 Å². The Morgan fingerprint density at radius 3 is 3.00 bits per heavy atom. The van der Waals surface area contributed by atoms with Crippen LogP contribution in [0.25, 0.3) is 0 Å². The van der Waals surface area contributed by atoms with Gasteiger partial charge in [-0.25, -0.2) is 0 Å². The van der Waals surface area contributed by atoms with Crippen molar-refractivity contribution in [3.63, 3.8) is 0 Å². The van der Waals surface area contributed by atoms with E-state index in [1.54, 1.807) is 0 Å². The van der Waals surface area contributed by atoms with E-state index in [1.165, 1.54) is 19.4 Å². The van der Waals surface area contributed by atoms with E-state index in [9.17, 15) is 4.79 Å². The van der Waals surface area contributed by atoms with Gasteiger partial charge in [-0.3, -0.25) is 9.69 Å². The van der Waals surface area contributed by atoms with Crippen molar-refractivity contribution in [1.29, 1.82) is 0 Å². The summed E-state index contributed by atoms with van der Waals surface area (Å²) in [4.78, 5) is 14.3. The van der Waals surface area contributed by atoms with E-state index in [1.807, 2.05) is 12.2 Å². The molecule has 17 heavy (non-hydrogen) atoms. The third kappa shape index (κ3) is 3.07. The van der Waals surface area contributed by atoms with Crippen LogP contribution in [0.2, 0.25) is 0 Å². The van der Waals surface area contributed by atoms with E-state index in [2.05, 4.69) is 17.1 Å². The highest BCUT2D eigenvalue weighted by atomic mass is 16.1. The van der Waals surface area contributed by atoms with Crippen molar-refractivity contribution >= 4 is 5.91 Å². The number of amides is 1. The van der Waals surface area contributed by atoms with Gasteiger partial charge in [-0.15, -0.1) is 0 Å². The minimum atomic E-state index is -0.0125. The molecule has 3 N–H and O–H groups in total. The molecule has 2 aliphatic rings. The largest absolute Gasteiger partial charge is 0.354 e. The molecule has 0 saturated carbocycles. The van der Waals surface area contributed by atoms with Crippen LogP contribution in [0.5, 0.6) is 0 Å². The summed E-state index contributed by atoms with van der Waals surface area (Å²) < 4.78 is 0. The van der Waals surface area contributed by atoms with Gasteiger partial charge < -0.3 is 11.1 Å². The molecule has 0 spiro atoms. The zero-order valence-corrected chi connectivity index (χ0v) is 10.6. The van der Waals surface area contributed by atoms with Crippen molar-refractivity contribution in [3.05, 3.63) is 12.2 Å². The molecule has 96 valence electrons. The molecule has 1 fully saturated rings. The number of rotatable bonds is 4. The number of likely N-dealkylation sites (N-methyl/N-ethyl adjacent to an activating group) is 1. The van der Waals surface area contributed by atoms with Crippen molar-refractivity contribution < 1.29 is 4.79 Å². The van der Waals surface area contributed by atoms with Crippen molar-refractivity contribution in [3.8, 4) is 0 Å². The first-order valence-corrected chi connectivity index (χ1v) is 6.66. The summed E-state index contributed by atoms with van der Waals surface area (Å²) in [6.45, 7) is 5.21. The molecule has 2 rings (SSSR count). The normalized spacial score (nSPS) is 33.2. The number of hydrogen-bond donors (Lipinski definition) is 2. The van der Waals surface area contributed by atoms with E-state index in [4.69, 9.17) is 5.73 Å². The molecule has 3 unspecified atom stereocenters. The lowest BCUT2D eigenvalue weighted by molar-refractivity contribution is -0.123. The molecule has 1 amide bonds. The minimum Gasteiger partial charge on any atom is -0.354 e. The zero-order chi connectivity index (χ0) is 12.3. The van der Waals surface area contributed by atoms with Crippen LogP contribution in [-0.2, 0) is 4.79 Å². The van der Waals surface area contributed by atoms with Crippen LogP contribution >= 0.6 is 0 Å². The fourth-order valence-electron chi connectivity index (χ4n) is 2.81. The molecule has 1 aliphatic carbocycles. The summed E-state index contributed by atoms with van der Waals surface area (Å²) >= 11 is 0. The van der Waals surface area contributed by atoms with Crippen LogP contribution in [0.3, 0.4) is 0 Å². The average Bonchev–Trinajstić information content (AvgIpc) is 2.94. The number of carbonyl (C=O) groups excluding carboxylic acids is 1. The molecule has 4 heteroatoms. The maximum atomic E-state index is 11.9. The third-order valence-corrected chi connectivity index (χ3v) is 3.87. The summed E-state index contributed by atoms with van der Waals surface area (Å²) in [5.41, 5.74) is 5.75. The number of hydrogen-bond acceptors (Lipinski definition) is 3. The number of nitrogens with one attached hydrogen (secondary N) is 1. The molecule has 1 aliphatic heterocycles. The van der Waals surface area contributed by atoms with E-state index < -0.39 is 0 Å². The Balaban J connectivity index is 1.74. The van der Waals surface area contributed by atoms with Crippen molar-refractivity contribution in [2.24, 2.45) is 11.7 Å². The Hall–Kier alpha value is -0.870. The van der Waals surface area contributed by atoms with E-state index in [0.29, 0.717) is 6.04 Å². The highest BCUT2D eigenvalue weighted by Gasteiger charge is 2.26. The van der Waals surface area contributed by atoms with Crippen LogP contribution < -0.4 is 11.1 Å². The zero-order valence-electron chi connectivity index (χ0n) is 10.6. The summed E-state index contributed by atoms with van der Waals surface area (Å²) in [7, 11) is 0. The predicted octanol–water partition coefficient (Wildman–Crippen LogP) is 0.490. The van der Waals surface area contributed by atoms with Gasteiger partial charge in [0.25, 0.3) is 0 Å². The topological polar surface area (TPSA) is 58.4 Å². The molecule has 0 aromatic rings. The Kier molecular flexibility index (Phi) is 4.18. The summed E-state index contributed by atoms with van der Waals surface area (Å²) in [6.07, 6.45) is 7.08. The van der Waals surface area contributed by atoms with Crippen LogP contribution in [0.1, 0.15) is 26.2 Å². The Labute approximate surface area is 103 Å². The molecular weight excluding hydrogens is 214 g/mol. The maximum Gasteiger partial charge on any atom is 0.227 e. The van der Waals surface area contributed by atoms with Gasteiger partial charge in [-0.05, 0) is 32.4 Å². The minimum absolute atomic E-state index is 0.0125.